The Morgan fingerprint density at radius 1 is 1.09 bits per heavy atom. The van der Waals surface area contributed by atoms with Crippen LogP contribution in [0.1, 0.15) is 11.1 Å². The second-order valence-corrected chi connectivity index (χ2v) is 4.79. The molecule has 0 aromatic heterocycles. The number of anilines is 1. The van der Waals surface area contributed by atoms with Gasteiger partial charge in [0.1, 0.15) is 12.4 Å². The molecule has 23 heavy (non-hydrogen) atoms. The number of carbonyl (C=O) groups excluding carboxylic acids is 1. The van der Waals surface area contributed by atoms with E-state index in [-0.39, 0.29) is 13.0 Å². The summed E-state index contributed by atoms with van der Waals surface area (Å²) in [5.41, 5.74) is 1.88. The van der Waals surface area contributed by atoms with Crippen molar-refractivity contribution in [3.05, 3.63) is 59.7 Å². The number of nitrogens with one attached hydrogen (secondary N) is 1. The van der Waals surface area contributed by atoms with Crippen LogP contribution in [0, 0.1) is 0 Å². The monoisotopic (exact) mass is 315 g/mol. The fourth-order valence-electron chi connectivity index (χ4n) is 1.99. The molecule has 1 amide bonds. The molecule has 6 nitrogen and oxygen atoms in total. The molecule has 0 heterocycles. The van der Waals surface area contributed by atoms with Crippen molar-refractivity contribution in [2.24, 2.45) is 0 Å². The quantitative estimate of drug-likeness (QED) is 0.855. The third-order valence-corrected chi connectivity index (χ3v) is 3.07. The molecule has 0 saturated heterocycles. The molecule has 0 saturated carbocycles. The molecular formula is C17H17NO5. The van der Waals surface area contributed by atoms with Crippen molar-refractivity contribution in [1.29, 1.82) is 0 Å². The maximum Gasteiger partial charge on any atom is 0.412 e. The van der Waals surface area contributed by atoms with E-state index in [0.29, 0.717) is 17.0 Å². The van der Waals surface area contributed by atoms with E-state index in [1.54, 1.807) is 18.2 Å². The lowest BCUT2D eigenvalue weighted by atomic mass is 10.1. The summed E-state index contributed by atoms with van der Waals surface area (Å²) >= 11 is 0. The van der Waals surface area contributed by atoms with Gasteiger partial charge in [-0.1, -0.05) is 36.4 Å². The Balaban J connectivity index is 1.98. The third-order valence-electron chi connectivity index (χ3n) is 3.07. The van der Waals surface area contributed by atoms with Gasteiger partial charge in [-0.25, -0.2) is 4.79 Å². The van der Waals surface area contributed by atoms with Crippen LogP contribution in [-0.4, -0.2) is 24.3 Å². The molecule has 0 aliphatic heterocycles. The number of methoxy groups -OCH3 is 1. The molecule has 0 unspecified atom stereocenters. The Kier molecular flexibility index (Phi) is 5.57. The van der Waals surface area contributed by atoms with Crippen molar-refractivity contribution in [2.75, 3.05) is 12.4 Å². The Hall–Kier alpha value is -3.02. The lowest BCUT2D eigenvalue weighted by molar-refractivity contribution is -0.136. The predicted octanol–water partition coefficient (Wildman–Crippen LogP) is 3.07. The number of carboxylic acid groups (broad SMARTS) is 1. The summed E-state index contributed by atoms with van der Waals surface area (Å²) in [5.74, 6) is -0.560. The van der Waals surface area contributed by atoms with Gasteiger partial charge < -0.3 is 14.6 Å². The Morgan fingerprint density at radius 2 is 1.83 bits per heavy atom. The minimum atomic E-state index is -0.935. The van der Waals surface area contributed by atoms with Crippen LogP contribution in [-0.2, 0) is 22.6 Å². The first-order valence-electron chi connectivity index (χ1n) is 6.95. The fourth-order valence-corrected chi connectivity index (χ4v) is 1.99. The second-order valence-electron chi connectivity index (χ2n) is 4.79. The van der Waals surface area contributed by atoms with Gasteiger partial charge in [-0.2, -0.15) is 0 Å². The van der Waals surface area contributed by atoms with Crippen LogP contribution in [0.3, 0.4) is 0 Å². The summed E-state index contributed by atoms with van der Waals surface area (Å²) in [4.78, 5) is 22.6. The first-order chi connectivity index (χ1) is 11.1. The number of hydrogen-bond donors (Lipinski definition) is 2. The summed E-state index contributed by atoms with van der Waals surface area (Å²) in [6.07, 6.45) is -0.729. The molecule has 2 rings (SSSR count). The first kappa shape index (κ1) is 16.4. The zero-order valence-electron chi connectivity index (χ0n) is 12.6. The lowest BCUT2D eigenvalue weighted by Gasteiger charge is -2.12. The molecule has 0 bridgehead atoms. The van der Waals surface area contributed by atoms with Crippen LogP contribution < -0.4 is 10.1 Å². The zero-order valence-corrected chi connectivity index (χ0v) is 12.6. The van der Waals surface area contributed by atoms with E-state index < -0.39 is 12.1 Å². The van der Waals surface area contributed by atoms with E-state index in [1.165, 1.54) is 7.11 Å². The molecule has 2 N–H and O–H groups in total. The van der Waals surface area contributed by atoms with E-state index in [2.05, 4.69) is 5.32 Å². The standard InChI is InChI=1S/C17H17NO5/c1-22-15-9-13(10-16(19)20)7-8-14(15)18-17(21)23-11-12-5-3-2-4-6-12/h2-9H,10-11H2,1H3,(H,18,21)(H,19,20). The van der Waals surface area contributed by atoms with Crippen molar-refractivity contribution in [3.8, 4) is 5.75 Å². The zero-order chi connectivity index (χ0) is 16.7. The van der Waals surface area contributed by atoms with Gasteiger partial charge in [-0.15, -0.1) is 0 Å². The molecule has 120 valence electrons. The molecule has 0 fully saturated rings. The molecule has 0 aliphatic rings. The number of benzene rings is 2. The highest BCUT2D eigenvalue weighted by molar-refractivity contribution is 5.87. The lowest BCUT2D eigenvalue weighted by Crippen LogP contribution is -2.14. The Labute approximate surface area is 133 Å². The highest BCUT2D eigenvalue weighted by Gasteiger charge is 2.11. The molecule has 6 heteroatoms. The number of carbonyl (C=O) groups is 2. The maximum atomic E-state index is 11.8. The topological polar surface area (TPSA) is 84.9 Å². The summed E-state index contributed by atoms with van der Waals surface area (Å²) < 4.78 is 10.3. The summed E-state index contributed by atoms with van der Waals surface area (Å²) in [7, 11) is 1.44. The number of ether oxygens (including phenoxy) is 2. The van der Waals surface area contributed by atoms with Crippen molar-refractivity contribution >= 4 is 17.7 Å². The van der Waals surface area contributed by atoms with Crippen LogP contribution in [0.4, 0.5) is 10.5 Å². The molecule has 0 spiro atoms. The molecule has 2 aromatic carbocycles. The SMILES string of the molecule is COc1cc(CC(=O)O)ccc1NC(=O)OCc1ccccc1. The molecule has 2 aromatic rings. The number of carboxylic acids is 1. The van der Waals surface area contributed by atoms with E-state index in [0.717, 1.165) is 5.56 Å². The highest BCUT2D eigenvalue weighted by Crippen LogP contribution is 2.26. The van der Waals surface area contributed by atoms with Gasteiger partial charge >= 0.3 is 12.1 Å². The summed E-state index contributed by atoms with van der Waals surface area (Å²) in [6.45, 7) is 0.159. The van der Waals surface area contributed by atoms with Gasteiger partial charge in [0.05, 0.1) is 19.2 Å². The fraction of sp³-hybridized carbons (Fsp3) is 0.176. The van der Waals surface area contributed by atoms with Crippen molar-refractivity contribution in [1.82, 2.24) is 0 Å². The maximum absolute atomic E-state index is 11.8. The van der Waals surface area contributed by atoms with Crippen LogP contribution >= 0.6 is 0 Å². The molecule has 0 radical (unpaired) electrons. The second kappa shape index (κ2) is 7.84. The van der Waals surface area contributed by atoms with E-state index in [4.69, 9.17) is 14.6 Å². The van der Waals surface area contributed by atoms with E-state index >= 15 is 0 Å². The average Bonchev–Trinajstić information content (AvgIpc) is 2.55. The van der Waals surface area contributed by atoms with Crippen molar-refractivity contribution in [2.45, 2.75) is 13.0 Å². The highest BCUT2D eigenvalue weighted by atomic mass is 16.5. The van der Waals surface area contributed by atoms with Crippen LogP contribution in [0.15, 0.2) is 48.5 Å². The molecule has 0 aliphatic carbocycles. The van der Waals surface area contributed by atoms with Gasteiger partial charge in [-0.3, -0.25) is 10.1 Å². The van der Waals surface area contributed by atoms with Crippen LogP contribution in [0.5, 0.6) is 5.75 Å². The molecule has 0 atom stereocenters. The summed E-state index contributed by atoms with van der Waals surface area (Å²) in [5, 5.41) is 11.4. The van der Waals surface area contributed by atoms with E-state index in [1.807, 2.05) is 30.3 Å². The van der Waals surface area contributed by atoms with Gasteiger partial charge in [0.15, 0.2) is 0 Å². The first-order valence-corrected chi connectivity index (χ1v) is 6.95. The minimum absolute atomic E-state index is 0.116. The molecular weight excluding hydrogens is 298 g/mol. The minimum Gasteiger partial charge on any atom is -0.495 e. The number of rotatable bonds is 6. The Morgan fingerprint density at radius 3 is 2.48 bits per heavy atom. The van der Waals surface area contributed by atoms with Crippen LogP contribution in [0.25, 0.3) is 0 Å². The Bertz CT molecular complexity index is 685. The van der Waals surface area contributed by atoms with Crippen LogP contribution in [0.2, 0.25) is 0 Å². The normalized spacial score (nSPS) is 9.96. The van der Waals surface area contributed by atoms with Crippen molar-refractivity contribution < 1.29 is 24.2 Å². The van der Waals surface area contributed by atoms with Gasteiger partial charge in [0, 0.05) is 0 Å². The number of aliphatic carboxylic acids is 1. The predicted molar refractivity (Wildman–Crippen MR) is 84.6 cm³/mol. The average molecular weight is 315 g/mol. The number of hydrogen-bond acceptors (Lipinski definition) is 4. The smallest absolute Gasteiger partial charge is 0.412 e. The van der Waals surface area contributed by atoms with Gasteiger partial charge in [-0.05, 0) is 23.3 Å². The summed E-state index contributed by atoms with van der Waals surface area (Å²) in [6, 6.07) is 14.1. The van der Waals surface area contributed by atoms with Gasteiger partial charge in [0.25, 0.3) is 0 Å². The van der Waals surface area contributed by atoms with Gasteiger partial charge in [0.2, 0.25) is 0 Å². The number of amides is 1. The largest absolute Gasteiger partial charge is 0.495 e. The van der Waals surface area contributed by atoms with E-state index in [9.17, 15) is 9.59 Å². The third kappa shape index (κ3) is 5.03. The van der Waals surface area contributed by atoms with Crippen molar-refractivity contribution in [3.63, 3.8) is 0 Å².